The number of halogens is 2. The predicted molar refractivity (Wildman–Crippen MR) is 35.8 cm³/mol. The molecule has 3 radical (unpaired) electrons. The van der Waals surface area contributed by atoms with Crippen molar-refractivity contribution in [1.82, 2.24) is 0 Å². The number of hydrogen-bond acceptors (Lipinski definition) is 0. The Kier molecular flexibility index (Phi) is 2.65. The molecule has 0 spiro atoms. The summed E-state index contributed by atoms with van der Waals surface area (Å²) in [5.41, 5.74) is 0.471. The van der Waals surface area contributed by atoms with Gasteiger partial charge in [0.2, 0.25) is 0 Å². The molecule has 0 unspecified atom stereocenters. The quantitative estimate of drug-likeness (QED) is 0.660. The van der Waals surface area contributed by atoms with Crippen LogP contribution >= 0.6 is 0 Å². The van der Waals surface area contributed by atoms with Gasteiger partial charge in [-0.3, -0.25) is 0 Å². The summed E-state index contributed by atoms with van der Waals surface area (Å²) in [6.07, 6.45) is 0. The molecule has 3 heteroatoms. The summed E-state index contributed by atoms with van der Waals surface area (Å²) in [6, 6.07) is 3.53. The molecule has 1 aromatic rings. The molecule has 0 aliphatic heterocycles. The van der Waals surface area contributed by atoms with Crippen LogP contribution in [0.3, 0.4) is 0 Å². The van der Waals surface area contributed by atoms with Gasteiger partial charge in [0.05, 0.1) is 0 Å². The van der Waals surface area contributed by atoms with Crippen molar-refractivity contribution in [3.05, 3.63) is 35.4 Å². The summed E-state index contributed by atoms with van der Waals surface area (Å²) in [7, 11) is 0. The van der Waals surface area contributed by atoms with Gasteiger partial charge in [-0.05, 0) is 0 Å². The van der Waals surface area contributed by atoms with Gasteiger partial charge in [0, 0.05) is 0 Å². The number of benzene rings is 1. The molecule has 0 bridgehead atoms. The van der Waals surface area contributed by atoms with E-state index in [1.54, 1.807) is 0 Å². The molecule has 0 fully saturated rings. The van der Waals surface area contributed by atoms with E-state index in [9.17, 15) is 8.78 Å². The molecule has 0 aromatic heterocycles. The van der Waals surface area contributed by atoms with Gasteiger partial charge >= 0.3 is 71.1 Å². The molecule has 1 aromatic carbocycles. The molecule has 0 aliphatic carbocycles. The molecule has 0 amide bonds. The van der Waals surface area contributed by atoms with Crippen molar-refractivity contribution < 1.29 is 8.78 Å². The Morgan fingerprint density at radius 3 is 2.50 bits per heavy atom. The second-order valence-electron chi connectivity index (χ2n) is 1.91. The first-order valence-electron chi connectivity index (χ1n) is 2.82. The standard InChI is InChI=1S/C7H5F2.Sn/c1-5-4-6(8)2-3-7(5)9;/h2-4H,1H2;. The van der Waals surface area contributed by atoms with Gasteiger partial charge < -0.3 is 0 Å². The summed E-state index contributed by atoms with van der Waals surface area (Å²) in [5.74, 6) is -0.669. The van der Waals surface area contributed by atoms with Crippen molar-refractivity contribution >= 4 is 22.5 Å². The van der Waals surface area contributed by atoms with Gasteiger partial charge in [0.25, 0.3) is 0 Å². The van der Waals surface area contributed by atoms with Crippen LogP contribution < -0.4 is 0 Å². The topological polar surface area (TPSA) is 0 Å². The van der Waals surface area contributed by atoms with E-state index in [0.717, 1.165) is 12.1 Å². The molecular weight excluding hydrogens is 241 g/mol. The second-order valence-corrected chi connectivity index (χ2v) is 2.92. The molecule has 0 saturated heterocycles. The Labute approximate surface area is 71.3 Å². The molecule has 0 heterocycles. The van der Waals surface area contributed by atoms with Crippen LogP contribution in [-0.4, -0.2) is 22.5 Å². The van der Waals surface area contributed by atoms with Crippen LogP contribution in [-0.2, 0) is 4.44 Å². The molecule has 0 N–H and O–H groups in total. The third-order valence-electron chi connectivity index (χ3n) is 1.20. The maximum absolute atomic E-state index is 12.6. The summed E-state index contributed by atoms with van der Waals surface area (Å²) >= 11 is 1.19. The fourth-order valence-corrected chi connectivity index (χ4v) is 1.45. The fourth-order valence-electron chi connectivity index (χ4n) is 0.679. The van der Waals surface area contributed by atoms with Gasteiger partial charge in [0.1, 0.15) is 0 Å². The minimum absolute atomic E-state index is 0.307. The molecule has 10 heavy (non-hydrogen) atoms. The van der Waals surface area contributed by atoms with Crippen LogP contribution in [0, 0.1) is 11.6 Å². The van der Waals surface area contributed by atoms with Gasteiger partial charge in [-0.25, -0.2) is 0 Å². The zero-order valence-electron chi connectivity index (χ0n) is 5.20. The van der Waals surface area contributed by atoms with Crippen LogP contribution in [0.2, 0.25) is 0 Å². The van der Waals surface area contributed by atoms with Crippen molar-refractivity contribution in [3.63, 3.8) is 0 Å². The van der Waals surface area contributed by atoms with Gasteiger partial charge in [-0.2, -0.15) is 0 Å². The zero-order chi connectivity index (χ0) is 7.56. The third-order valence-corrected chi connectivity index (χ3v) is 2.29. The molecule has 51 valence electrons. The summed E-state index contributed by atoms with van der Waals surface area (Å²) in [4.78, 5) is 0. The Bertz CT molecular complexity index is 235. The molecular formula is C7H5F2Sn. The van der Waals surface area contributed by atoms with E-state index in [-0.39, 0.29) is 11.6 Å². The first kappa shape index (κ1) is 7.98. The minimum atomic E-state index is -0.362. The predicted octanol–water partition coefficient (Wildman–Crippen LogP) is 1.63. The first-order chi connectivity index (χ1) is 4.74. The van der Waals surface area contributed by atoms with Crippen LogP contribution in [0.5, 0.6) is 0 Å². The molecule has 0 nitrogen and oxygen atoms in total. The molecule has 0 atom stereocenters. The Hall–Kier alpha value is -0.121. The molecule has 1 rings (SSSR count). The Morgan fingerprint density at radius 1 is 1.30 bits per heavy atom. The van der Waals surface area contributed by atoms with E-state index in [1.807, 2.05) is 0 Å². The monoisotopic (exact) mass is 247 g/mol. The average molecular weight is 246 g/mol. The van der Waals surface area contributed by atoms with Crippen molar-refractivity contribution in [3.8, 4) is 0 Å². The molecule has 0 aliphatic rings. The van der Waals surface area contributed by atoms with Crippen molar-refractivity contribution in [2.24, 2.45) is 0 Å². The second kappa shape index (κ2) is 3.32. The van der Waals surface area contributed by atoms with E-state index >= 15 is 0 Å². The third kappa shape index (κ3) is 1.68. The van der Waals surface area contributed by atoms with Crippen LogP contribution in [0.25, 0.3) is 0 Å². The van der Waals surface area contributed by atoms with E-state index in [4.69, 9.17) is 0 Å². The van der Waals surface area contributed by atoms with Gasteiger partial charge in [-0.1, -0.05) is 0 Å². The summed E-state index contributed by atoms with van der Waals surface area (Å²) in [6.45, 7) is 0. The van der Waals surface area contributed by atoms with Crippen molar-refractivity contribution in [2.75, 3.05) is 0 Å². The Morgan fingerprint density at radius 2 is 2.00 bits per heavy atom. The first-order valence-corrected chi connectivity index (χ1v) is 4.84. The van der Waals surface area contributed by atoms with Crippen molar-refractivity contribution in [1.29, 1.82) is 0 Å². The Balaban J connectivity index is 3.09. The normalized spacial score (nSPS) is 9.90. The molecule has 0 saturated carbocycles. The maximum atomic E-state index is 12.6. The van der Waals surface area contributed by atoms with Gasteiger partial charge in [-0.15, -0.1) is 0 Å². The number of hydrogen-bond donors (Lipinski definition) is 0. The van der Waals surface area contributed by atoms with E-state index < -0.39 is 0 Å². The van der Waals surface area contributed by atoms with E-state index in [1.165, 1.54) is 28.6 Å². The summed E-state index contributed by atoms with van der Waals surface area (Å²) in [5, 5.41) is 0. The van der Waals surface area contributed by atoms with Crippen molar-refractivity contribution in [2.45, 2.75) is 4.44 Å². The summed E-state index contributed by atoms with van der Waals surface area (Å²) < 4.78 is 25.6. The zero-order valence-corrected chi connectivity index (χ0v) is 8.05. The van der Waals surface area contributed by atoms with E-state index in [0.29, 0.717) is 10.0 Å². The van der Waals surface area contributed by atoms with Gasteiger partial charge in [0.15, 0.2) is 0 Å². The van der Waals surface area contributed by atoms with E-state index in [2.05, 4.69) is 0 Å². The van der Waals surface area contributed by atoms with Crippen LogP contribution in [0.15, 0.2) is 18.2 Å². The SMILES string of the molecule is Fc1ccc(F)c([CH2][Sn])c1. The van der Waals surface area contributed by atoms with Crippen LogP contribution in [0.1, 0.15) is 5.56 Å². The fraction of sp³-hybridized carbons (Fsp3) is 0.143. The van der Waals surface area contributed by atoms with Crippen LogP contribution in [0.4, 0.5) is 8.78 Å². The number of rotatable bonds is 1. The average Bonchev–Trinajstić information content (AvgIpc) is 1.94.